The molecule has 2 aliphatic heterocycles. The van der Waals surface area contributed by atoms with E-state index in [1.54, 1.807) is 6.20 Å². The molecule has 152 valence electrons. The molecule has 2 aromatic heterocycles. The third kappa shape index (κ3) is 4.15. The number of nitrogens with zero attached hydrogens (tertiary/aromatic N) is 4. The van der Waals surface area contributed by atoms with Crippen molar-refractivity contribution in [3.05, 3.63) is 41.1 Å². The predicted octanol–water partition coefficient (Wildman–Crippen LogP) is 1.78. The summed E-state index contributed by atoms with van der Waals surface area (Å²) in [6, 6.07) is 4.10. The van der Waals surface area contributed by atoms with Crippen molar-refractivity contribution in [2.24, 2.45) is 5.92 Å². The van der Waals surface area contributed by atoms with Gasteiger partial charge in [-0.05, 0) is 44.5 Å². The number of furan rings is 1. The van der Waals surface area contributed by atoms with Gasteiger partial charge in [-0.3, -0.25) is 9.48 Å². The Labute approximate surface area is 166 Å². The number of hydrogen-bond acceptors (Lipinski definition) is 5. The van der Waals surface area contributed by atoms with Crippen LogP contribution >= 0.6 is 0 Å². The number of likely N-dealkylation sites (N-methyl/N-ethyl adjacent to an activating group) is 1. The van der Waals surface area contributed by atoms with Crippen LogP contribution in [0.5, 0.6) is 0 Å². The van der Waals surface area contributed by atoms with E-state index in [0.29, 0.717) is 5.92 Å². The van der Waals surface area contributed by atoms with Gasteiger partial charge in [0.25, 0.3) is 5.91 Å². The predicted molar refractivity (Wildman–Crippen MR) is 107 cm³/mol. The van der Waals surface area contributed by atoms with Crippen molar-refractivity contribution < 1.29 is 9.21 Å². The first-order chi connectivity index (χ1) is 13.6. The molecule has 1 saturated heterocycles. The maximum absolute atomic E-state index is 13.0. The zero-order valence-electron chi connectivity index (χ0n) is 17.0. The Hall–Kier alpha value is -2.12. The van der Waals surface area contributed by atoms with E-state index in [-0.39, 0.29) is 5.91 Å². The van der Waals surface area contributed by atoms with Gasteiger partial charge in [0, 0.05) is 39.1 Å². The summed E-state index contributed by atoms with van der Waals surface area (Å²) in [5.74, 6) is 2.68. The molecule has 0 radical (unpaired) electrons. The molecule has 0 unspecified atom stereocenters. The minimum absolute atomic E-state index is 0.144. The van der Waals surface area contributed by atoms with Gasteiger partial charge in [-0.1, -0.05) is 6.92 Å². The summed E-state index contributed by atoms with van der Waals surface area (Å²) in [6.07, 6.45) is 4.69. The molecule has 1 fully saturated rings. The SMILES string of the molecule is CCc1ccc(CNC[C@H]2CCn3ncc(C(=O)N4CCN(C)CC4)c3C2)o1. The zero-order chi connectivity index (χ0) is 19.5. The summed E-state index contributed by atoms with van der Waals surface area (Å²) < 4.78 is 7.79. The number of amides is 1. The van der Waals surface area contributed by atoms with Crippen molar-refractivity contribution >= 4 is 5.91 Å². The Morgan fingerprint density at radius 1 is 1.21 bits per heavy atom. The number of fused-ring (bicyclic) bond motifs is 1. The fourth-order valence-corrected chi connectivity index (χ4v) is 4.14. The smallest absolute Gasteiger partial charge is 0.257 e. The number of rotatable bonds is 6. The van der Waals surface area contributed by atoms with E-state index in [1.165, 1.54) is 0 Å². The molecule has 0 bridgehead atoms. The molecule has 1 atom stereocenters. The Kier molecular flexibility index (Phi) is 5.82. The van der Waals surface area contributed by atoms with Gasteiger partial charge in [-0.15, -0.1) is 0 Å². The van der Waals surface area contributed by atoms with E-state index in [4.69, 9.17) is 4.42 Å². The van der Waals surface area contributed by atoms with Gasteiger partial charge in [0.05, 0.1) is 24.0 Å². The van der Waals surface area contributed by atoms with E-state index < -0.39 is 0 Å². The fraction of sp³-hybridized carbons (Fsp3) is 0.619. The van der Waals surface area contributed by atoms with Gasteiger partial charge < -0.3 is 19.5 Å². The van der Waals surface area contributed by atoms with Crippen molar-refractivity contribution in [1.82, 2.24) is 24.9 Å². The average molecular weight is 386 g/mol. The van der Waals surface area contributed by atoms with Crippen LogP contribution in [0.25, 0.3) is 0 Å². The van der Waals surface area contributed by atoms with Crippen LogP contribution in [0, 0.1) is 5.92 Å². The molecule has 7 heteroatoms. The maximum Gasteiger partial charge on any atom is 0.257 e. The van der Waals surface area contributed by atoms with E-state index >= 15 is 0 Å². The molecule has 7 nitrogen and oxygen atoms in total. The van der Waals surface area contributed by atoms with Crippen LogP contribution in [0.4, 0.5) is 0 Å². The quantitative estimate of drug-likeness (QED) is 0.821. The van der Waals surface area contributed by atoms with Crippen LogP contribution in [0.3, 0.4) is 0 Å². The van der Waals surface area contributed by atoms with Gasteiger partial charge in [0.1, 0.15) is 11.5 Å². The first-order valence-corrected chi connectivity index (χ1v) is 10.4. The summed E-state index contributed by atoms with van der Waals surface area (Å²) >= 11 is 0. The summed E-state index contributed by atoms with van der Waals surface area (Å²) in [5.41, 5.74) is 1.90. The lowest BCUT2D eigenvalue weighted by Gasteiger charge is -2.32. The van der Waals surface area contributed by atoms with Crippen molar-refractivity contribution in [3.63, 3.8) is 0 Å². The average Bonchev–Trinajstić information content (AvgIpc) is 3.34. The van der Waals surface area contributed by atoms with Crippen LogP contribution in [-0.2, 0) is 25.9 Å². The first-order valence-electron chi connectivity index (χ1n) is 10.4. The fourth-order valence-electron chi connectivity index (χ4n) is 4.14. The number of aryl methyl sites for hydroxylation is 2. The first kappa shape index (κ1) is 19.2. The Balaban J connectivity index is 1.34. The van der Waals surface area contributed by atoms with Gasteiger partial charge in [-0.25, -0.2) is 0 Å². The van der Waals surface area contributed by atoms with Crippen molar-refractivity contribution in [2.75, 3.05) is 39.8 Å². The molecule has 0 saturated carbocycles. The molecule has 4 heterocycles. The highest BCUT2D eigenvalue weighted by Crippen LogP contribution is 2.24. The zero-order valence-corrected chi connectivity index (χ0v) is 17.0. The third-order valence-corrected chi connectivity index (χ3v) is 6.00. The van der Waals surface area contributed by atoms with E-state index in [0.717, 1.165) is 87.9 Å². The lowest BCUT2D eigenvalue weighted by Crippen LogP contribution is -2.47. The number of carbonyl (C=O) groups excluding carboxylic acids is 1. The number of nitrogens with one attached hydrogen (secondary N) is 1. The monoisotopic (exact) mass is 385 g/mol. The molecule has 4 rings (SSSR count). The van der Waals surface area contributed by atoms with Gasteiger partial charge in [0.2, 0.25) is 0 Å². The molecular weight excluding hydrogens is 354 g/mol. The molecule has 2 aliphatic rings. The highest BCUT2D eigenvalue weighted by molar-refractivity contribution is 5.95. The summed E-state index contributed by atoms with van der Waals surface area (Å²) in [7, 11) is 2.10. The number of hydrogen-bond donors (Lipinski definition) is 1. The second kappa shape index (κ2) is 8.49. The number of carbonyl (C=O) groups is 1. The second-order valence-electron chi connectivity index (χ2n) is 8.03. The normalized spacial score (nSPS) is 20.4. The van der Waals surface area contributed by atoms with Crippen LogP contribution in [0.1, 0.15) is 40.9 Å². The van der Waals surface area contributed by atoms with E-state index in [9.17, 15) is 4.79 Å². The minimum Gasteiger partial charge on any atom is -0.465 e. The molecule has 0 spiro atoms. The third-order valence-electron chi connectivity index (χ3n) is 6.00. The summed E-state index contributed by atoms with van der Waals surface area (Å²) in [6.45, 7) is 8.14. The van der Waals surface area contributed by atoms with Crippen LogP contribution < -0.4 is 5.32 Å². The molecule has 1 N–H and O–H groups in total. The molecule has 0 aliphatic carbocycles. The van der Waals surface area contributed by atoms with Crippen LogP contribution in [-0.4, -0.2) is 65.3 Å². The maximum atomic E-state index is 13.0. The van der Waals surface area contributed by atoms with E-state index in [1.807, 2.05) is 15.6 Å². The van der Waals surface area contributed by atoms with Crippen LogP contribution in [0.15, 0.2) is 22.7 Å². The Morgan fingerprint density at radius 2 is 2.00 bits per heavy atom. The van der Waals surface area contributed by atoms with Gasteiger partial charge in [0.15, 0.2) is 0 Å². The second-order valence-corrected chi connectivity index (χ2v) is 8.03. The highest BCUT2D eigenvalue weighted by atomic mass is 16.3. The lowest BCUT2D eigenvalue weighted by molar-refractivity contribution is 0.0662. The summed E-state index contributed by atoms with van der Waals surface area (Å²) in [4.78, 5) is 17.2. The summed E-state index contributed by atoms with van der Waals surface area (Å²) in [5, 5.41) is 8.01. The topological polar surface area (TPSA) is 66.5 Å². The van der Waals surface area contributed by atoms with Crippen molar-refractivity contribution in [3.8, 4) is 0 Å². The van der Waals surface area contributed by atoms with Crippen molar-refractivity contribution in [2.45, 2.75) is 39.3 Å². The van der Waals surface area contributed by atoms with Gasteiger partial charge in [-0.2, -0.15) is 5.10 Å². The minimum atomic E-state index is 0.144. The lowest BCUT2D eigenvalue weighted by atomic mass is 9.94. The molecule has 28 heavy (non-hydrogen) atoms. The molecule has 1 amide bonds. The van der Waals surface area contributed by atoms with Crippen LogP contribution in [0.2, 0.25) is 0 Å². The Bertz CT molecular complexity index is 804. The van der Waals surface area contributed by atoms with Gasteiger partial charge >= 0.3 is 0 Å². The largest absolute Gasteiger partial charge is 0.465 e. The standard InChI is InChI=1S/C21H31N5O2/c1-3-17-4-5-18(28-17)14-22-13-16-6-7-26-20(12-16)19(15-23-26)21(27)25-10-8-24(2)9-11-25/h4-5,15-16,22H,3,6-14H2,1-2H3/t16-/m0/s1. The number of piperazine rings is 1. The van der Waals surface area contributed by atoms with E-state index in [2.05, 4.69) is 35.4 Å². The Morgan fingerprint density at radius 3 is 2.75 bits per heavy atom. The number of aromatic nitrogens is 2. The van der Waals surface area contributed by atoms with Crippen molar-refractivity contribution in [1.29, 1.82) is 0 Å². The molecule has 2 aromatic rings. The highest BCUT2D eigenvalue weighted by Gasteiger charge is 2.28. The molecular formula is C21H31N5O2. The molecule has 0 aromatic carbocycles.